The molecule has 0 fully saturated rings. The van der Waals surface area contributed by atoms with Crippen molar-refractivity contribution >= 4 is 29.9 Å². The summed E-state index contributed by atoms with van der Waals surface area (Å²) in [6.45, 7) is 12.5. The van der Waals surface area contributed by atoms with Crippen LogP contribution >= 0.6 is 12.4 Å². The molecule has 0 aliphatic rings. The van der Waals surface area contributed by atoms with Crippen molar-refractivity contribution in [2.45, 2.75) is 59.9 Å². The number of amides is 2. The molecule has 6 heteroatoms. The summed E-state index contributed by atoms with van der Waals surface area (Å²) in [5, 5.41) is 5.96. The van der Waals surface area contributed by atoms with Gasteiger partial charge in [0.15, 0.2) is 0 Å². The lowest BCUT2D eigenvalue weighted by Crippen LogP contribution is -2.52. The van der Waals surface area contributed by atoms with Crippen LogP contribution in [0, 0.1) is 18.8 Å². The summed E-state index contributed by atoms with van der Waals surface area (Å²) >= 11 is 0. The maximum Gasteiger partial charge on any atom is 0.251 e. The lowest BCUT2D eigenvalue weighted by molar-refractivity contribution is -0.116. The second-order valence-corrected chi connectivity index (χ2v) is 7.99. The van der Waals surface area contributed by atoms with E-state index in [0.717, 1.165) is 17.7 Å². The molecule has 2 amide bonds. The zero-order chi connectivity index (χ0) is 19.2. The topological polar surface area (TPSA) is 84.2 Å². The third-order valence-electron chi connectivity index (χ3n) is 4.08. The Morgan fingerprint density at radius 2 is 1.77 bits per heavy atom. The number of aryl methyl sites for hydroxylation is 1. The highest BCUT2D eigenvalue weighted by molar-refractivity contribution is 5.97. The van der Waals surface area contributed by atoms with E-state index in [1.165, 1.54) is 0 Å². The first-order chi connectivity index (χ1) is 11.6. The molecule has 1 unspecified atom stereocenters. The summed E-state index contributed by atoms with van der Waals surface area (Å²) in [7, 11) is 0. The first-order valence-corrected chi connectivity index (χ1v) is 8.99. The van der Waals surface area contributed by atoms with E-state index < -0.39 is 5.54 Å². The van der Waals surface area contributed by atoms with Crippen molar-refractivity contribution < 1.29 is 9.59 Å². The summed E-state index contributed by atoms with van der Waals surface area (Å²) in [5.41, 5.74) is 7.62. The molecule has 4 N–H and O–H groups in total. The summed E-state index contributed by atoms with van der Waals surface area (Å²) in [6, 6.07) is 5.32. The van der Waals surface area contributed by atoms with Crippen LogP contribution in [0.15, 0.2) is 18.2 Å². The molecule has 0 aromatic heterocycles. The number of hydrogen-bond donors (Lipinski definition) is 3. The van der Waals surface area contributed by atoms with Crippen molar-refractivity contribution in [2.24, 2.45) is 17.6 Å². The fourth-order valence-electron chi connectivity index (χ4n) is 2.95. The van der Waals surface area contributed by atoms with Gasteiger partial charge in [-0.1, -0.05) is 27.7 Å². The van der Waals surface area contributed by atoms with Gasteiger partial charge in [0.25, 0.3) is 5.91 Å². The van der Waals surface area contributed by atoms with Gasteiger partial charge in [-0.15, -0.1) is 12.4 Å². The predicted octanol–water partition coefficient (Wildman–Crippen LogP) is 3.89. The van der Waals surface area contributed by atoms with Crippen LogP contribution in [0.25, 0.3) is 0 Å². The molecule has 0 heterocycles. The molecule has 0 bridgehead atoms. The van der Waals surface area contributed by atoms with Crippen molar-refractivity contribution in [3.05, 3.63) is 29.3 Å². The van der Waals surface area contributed by atoms with E-state index in [2.05, 4.69) is 24.5 Å². The Kier molecular flexibility index (Phi) is 9.89. The number of benzene rings is 1. The highest BCUT2D eigenvalue weighted by Gasteiger charge is 2.26. The smallest absolute Gasteiger partial charge is 0.251 e. The van der Waals surface area contributed by atoms with E-state index in [1.54, 1.807) is 18.2 Å². The number of carbonyl (C=O) groups is 2. The van der Waals surface area contributed by atoms with E-state index in [1.807, 2.05) is 27.7 Å². The SMILES string of the molecule is Cc1cc(C(=O)NC(C)(CN)CC(C)C)ccc1NC(=O)CC(C)C.Cl. The lowest BCUT2D eigenvalue weighted by atomic mass is 9.90. The molecular weight excluding hydrogens is 350 g/mol. The van der Waals surface area contributed by atoms with Crippen molar-refractivity contribution in [3.8, 4) is 0 Å². The normalized spacial score (nSPS) is 13.1. The molecule has 0 spiro atoms. The standard InChI is InChI=1S/C20H33N3O2.ClH/c1-13(2)9-18(24)22-17-8-7-16(10-15(17)5)19(25)23-20(6,12-21)11-14(3)4;/h7-8,10,13-14H,9,11-12,21H2,1-6H3,(H,22,24)(H,23,25);1H. The Hall–Kier alpha value is -1.59. The first-order valence-electron chi connectivity index (χ1n) is 8.99. The minimum Gasteiger partial charge on any atom is -0.346 e. The first kappa shape index (κ1) is 24.4. The quantitative estimate of drug-likeness (QED) is 0.636. The van der Waals surface area contributed by atoms with Gasteiger partial charge < -0.3 is 16.4 Å². The van der Waals surface area contributed by atoms with Crippen LogP contribution in [0.5, 0.6) is 0 Å². The molecule has 1 aromatic rings. The minimum absolute atomic E-state index is 0. The second kappa shape index (κ2) is 10.5. The molecule has 148 valence electrons. The zero-order valence-electron chi connectivity index (χ0n) is 16.8. The van der Waals surface area contributed by atoms with Gasteiger partial charge in [0.05, 0.1) is 0 Å². The minimum atomic E-state index is -0.427. The molecule has 1 aromatic carbocycles. The fourth-order valence-corrected chi connectivity index (χ4v) is 2.95. The van der Waals surface area contributed by atoms with E-state index in [0.29, 0.717) is 30.4 Å². The highest BCUT2D eigenvalue weighted by Crippen LogP contribution is 2.20. The third-order valence-corrected chi connectivity index (χ3v) is 4.08. The Morgan fingerprint density at radius 3 is 2.23 bits per heavy atom. The predicted molar refractivity (Wildman–Crippen MR) is 111 cm³/mol. The van der Waals surface area contributed by atoms with Gasteiger partial charge in [-0.3, -0.25) is 9.59 Å². The highest BCUT2D eigenvalue weighted by atomic mass is 35.5. The number of rotatable bonds is 8. The number of halogens is 1. The summed E-state index contributed by atoms with van der Waals surface area (Å²) in [4.78, 5) is 24.5. The molecule has 0 aliphatic carbocycles. The van der Waals surface area contributed by atoms with E-state index in [-0.39, 0.29) is 24.2 Å². The lowest BCUT2D eigenvalue weighted by Gasteiger charge is -2.31. The summed E-state index contributed by atoms with van der Waals surface area (Å²) in [5.74, 6) is 0.592. The molecule has 0 radical (unpaired) electrons. The Balaban J connectivity index is 0.00000625. The van der Waals surface area contributed by atoms with Gasteiger partial charge in [-0.05, 0) is 55.9 Å². The zero-order valence-corrected chi connectivity index (χ0v) is 17.6. The van der Waals surface area contributed by atoms with E-state index in [9.17, 15) is 9.59 Å². The summed E-state index contributed by atoms with van der Waals surface area (Å²) < 4.78 is 0. The number of anilines is 1. The van der Waals surface area contributed by atoms with Gasteiger partial charge in [0.2, 0.25) is 5.91 Å². The van der Waals surface area contributed by atoms with Crippen LogP contribution in [0.4, 0.5) is 5.69 Å². The molecule has 5 nitrogen and oxygen atoms in total. The molecule has 1 atom stereocenters. The third kappa shape index (κ3) is 7.75. The Morgan fingerprint density at radius 1 is 1.15 bits per heavy atom. The van der Waals surface area contributed by atoms with Crippen molar-refractivity contribution in [1.82, 2.24) is 5.32 Å². The molecule has 0 aliphatic heterocycles. The molecule has 1 rings (SSSR count). The van der Waals surface area contributed by atoms with Gasteiger partial charge >= 0.3 is 0 Å². The van der Waals surface area contributed by atoms with Crippen LogP contribution in [0.2, 0.25) is 0 Å². The van der Waals surface area contributed by atoms with Gasteiger partial charge in [0.1, 0.15) is 0 Å². The van der Waals surface area contributed by atoms with E-state index in [4.69, 9.17) is 5.73 Å². The summed E-state index contributed by atoms with van der Waals surface area (Å²) in [6.07, 6.45) is 1.29. The largest absolute Gasteiger partial charge is 0.346 e. The molecule has 0 saturated carbocycles. The van der Waals surface area contributed by atoms with Gasteiger partial charge in [0, 0.05) is 29.8 Å². The second-order valence-electron chi connectivity index (χ2n) is 7.99. The van der Waals surface area contributed by atoms with Gasteiger partial charge in [-0.25, -0.2) is 0 Å². The van der Waals surface area contributed by atoms with Crippen molar-refractivity contribution in [1.29, 1.82) is 0 Å². The van der Waals surface area contributed by atoms with Gasteiger partial charge in [-0.2, -0.15) is 0 Å². The average molecular weight is 384 g/mol. The monoisotopic (exact) mass is 383 g/mol. The van der Waals surface area contributed by atoms with E-state index >= 15 is 0 Å². The Bertz CT molecular complexity index is 617. The number of hydrogen-bond acceptors (Lipinski definition) is 3. The number of nitrogens with one attached hydrogen (secondary N) is 2. The maximum absolute atomic E-state index is 12.6. The van der Waals surface area contributed by atoms with Crippen molar-refractivity contribution in [3.63, 3.8) is 0 Å². The Labute approximate surface area is 163 Å². The maximum atomic E-state index is 12.6. The fraction of sp³-hybridized carbons (Fsp3) is 0.600. The number of nitrogens with two attached hydrogens (primary N) is 1. The van der Waals surface area contributed by atoms with Crippen LogP contribution in [0.1, 0.15) is 63.4 Å². The average Bonchev–Trinajstić information content (AvgIpc) is 2.47. The van der Waals surface area contributed by atoms with Crippen LogP contribution in [0.3, 0.4) is 0 Å². The van der Waals surface area contributed by atoms with Crippen LogP contribution < -0.4 is 16.4 Å². The molecular formula is C20H34ClN3O2. The number of carbonyl (C=O) groups excluding carboxylic acids is 2. The van der Waals surface area contributed by atoms with Crippen LogP contribution in [-0.4, -0.2) is 23.9 Å². The van der Waals surface area contributed by atoms with Crippen molar-refractivity contribution in [2.75, 3.05) is 11.9 Å². The molecule has 0 saturated heterocycles. The molecule has 26 heavy (non-hydrogen) atoms. The van der Waals surface area contributed by atoms with Crippen LogP contribution in [-0.2, 0) is 4.79 Å².